The molecule has 0 radical (unpaired) electrons. The number of rotatable bonds is 10. The Morgan fingerprint density at radius 1 is 1.22 bits per heavy atom. The van der Waals surface area contributed by atoms with Gasteiger partial charge >= 0.3 is 0 Å². The number of nitrogens with two attached hydrogens (primary N) is 1. The molecule has 5 nitrogen and oxygen atoms in total. The zero-order chi connectivity index (χ0) is 16.4. The van der Waals surface area contributed by atoms with Crippen LogP contribution in [0.15, 0.2) is 18.2 Å². The molecular formula is C17H29ClN2O3. The second-order valence-electron chi connectivity index (χ2n) is 5.53. The molecule has 1 aromatic carbocycles. The zero-order valence-electron chi connectivity index (χ0n) is 14.3. The van der Waals surface area contributed by atoms with E-state index in [4.69, 9.17) is 15.2 Å². The molecule has 0 spiro atoms. The van der Waals surface area contributed by atoms with Gasteiger partial charge in [-0.25, -0.2) is 0 Å². The fourth-order valence-electron chi connectivity index (χ4n) is 2.09. The van der Waals surface area contributed by atoms with Crippen molar-refractivity contribution in [2.45, 2.75) is 52.1 Å². The highest BCUT2D eigenvalue weighted by Gasteiger charge is 2.11. The summed E-state index contributed by atoms with van der Waals surface area (Å²) in [6.45, 7) is 4.62. The van der Waals surface area contributed by atoms with Crippen LogP contribution >= 0.6 is 12.4 Å². The van der Waals surface area contributed by atoms with Crippen LogP contribution in [0.1, 0.15) is 46.0 Å². The molecule has 3 N–H and O–H groups in total. The van der Waals surface area contributed by atoms with Gasteiger partial charge < -0.3 is 20.5 Å². The van der Waals surface area contributed by atoms with Crippen LogP contribution in [-0.4, -0.2) is 25.7 Å². The SMILES string of the molecule is COc1ccc(OC(C)C)c(NC(=O)CCCCCCN)c1.Cl. The number of anilines is 1. The normalized spacial score (nSPS) is 10.1. The predicted molar refractivity (Wildman–Crippen MR) is 96.8 cm³/mol. The van der Waals surface area contributed by atoms with Gasteiger partial charge in [-0.1, -0.05) is 12.8 Å². The lowest BCUT2D eigenvalue weighted by Crippen LogP contribution is -2.14. The molecule has 0 fully saturated rings. The van der Waals surface area contributed by atoms with Gasteiger partial charge in [0.15, 0.2) is 0 Å². The van der Waals surface area contributed by atoms with Crippen LogP contribution in [0.5, 0.6) is 11.5 Å². The summed E-state index contributed by atoms with van der Waals surface area (Å²) in [6, 6.07) is 5.42. The molecule has 0 saturated carbocycles. The molecule has 6 heteroatoms. The fourth-order valence-corrected chi connectivity index (χ4v) is 2.09. The van der Waals surface area contributed by atoms with Gasteiger partial charge in [-0.2, -0.15) is 0 Å². The highest BCUT2D eigenvalue weighted by Crippen LogP contribution is 2.30. The van der Waals surface area contributed by atoms with Crippen LogP contribution in [0.2, 0.25) is 0 Å². The zero-order valence-corrected chi connectivity index (χ0v) is 15.1. The molecule has 1 amide bonds. The first kappa shape index (κ1) is 21.5. The second kappa shape index (κ2) is 12.0. The smallest absolute Gasteiger partial charge is 0.224 e. The molecule has 0 aliphatic heterocycles. The van der Waals surface area contributed by atoms with E-state index in [9.17, 15) is 4.79 Å². The number of nitrogens with one attached hydrogen (secondary N) is 1. The van der Waals surface area contributed by atoms with Crippen LogP contribution < -0.4 is 20.5 Å². The van der Waals surface area contributed by atoms with Crippen molar-refractivity contribution in [1.29, 1.82) is 0 Å². The number of carbonyl (C=O) groups is 1. The molecule has 0 aromatic heterocycles. The average molecular weight is 345 g/mol. The molecular weight excluding hydrogens is 316 g/mol. The topological polar surface area (TPSA) is 73.6 Å². The van der Waals surface area contributed by atoms with Crippen LogP contribution in [0.4, 0.5) is 5.69 Å². The van der Waals surface area contributed by atoms with Gasteiger partial charge in [-0.05, 0) is 45.4 Å². The van der Waals surface area contributed by atoms with E-state index in [-0.39, 0.29) is 24.4 Å². The molecule has 1 rings (SSSR count). The molecule has 1 aromatic rings. The van der Waals surface area contributed by atoms with E-state index >= 15 is 0 Å². The molecule has 23 heavy (non-hydrogen) atoms. The summed E-state index contributed by atoms with van der Waals surface area (Å²) in [7, 11) is 1.60. The first-order valence-corrected chi connectivity index (χ1v) is 7.91. The number of amides is 1. The van der Waals surface area contributed by atoms with E-state index < -0.39 is 0 Å². The maximum atomic E-state index is 12.1. The van der Waals surface area contributed by atoms with Crippen LogP contribution in [0.25, 0.3) is 0 Å². The summed E-state index contributed by atoms with van der Waals surface area (Å²) < 4.78 is 10.9. The molecule has 0 saturated heterocycles. The summed E-state index contributed by atoms with van der Waals surface area (Å²) in [5.41, 5.74) is 6.10. The van der Waals surface area contributed by atoms with Crippen molar-refractivity contribution in [2.24, 2.45) is 5.73 Å². The summed E-state index contributed by atoms with van der Waals surface area (Å²) in [6.07, 6.45) is 4.53. The number of carbonyl (C=O) groups excluding carboxylic acids is 1. The highest BCUT2D eigenvalue weighted by atomic mass is 35.5. The predicted octanol–water partition coefficient (Wildman–Crippen LogP) is 3.75. The Morgan fingerprint density at radius 2 is 1.91 bits per heavy atom. The van der Waals surface area contributed by atoms with Gasteiger partial charge in [-0.15, -0.1) is 12.4 Å². The van der Waals surface area contributed by atoms with E-state index in [1.165, 1.54) is 0 Å². The summed E-state index contributed by atoms with van der Waals surface area (Å²) in [4.78, 5) is 12.1. The van der Waals surface area contributed by atoms with Crippen molar-refractivity contribution in [3.05, 3.63) is 18.2 Å². The van der Waals surface area contributed by atoms with Crippen molar-refractivity contribution in [3.8, 4) is 11.5 Å². The van der Waals surface area contributed by atoms with Gasteiger partial charge in [0.2, 0.25) is 5.91 Å². The summed E-state index contributed by atoms with van der Waals surface area (Å²) in [5.74, 6) is 1.34. The highest BCUT2D eigenvalue weighted by molar-refractivity contribution is 5.92. The van der Waals surface area contributed by atoms with Crippen molar-refractivity contribution in [1.82, 2.24) is 0 Å². The number of unbranched alkanes of at least 4 members (excludes halogenated alkanes) is 3. The van der Waals surface area contributed by atoms with Crippen molar-refractivity contribution >= 4 is 24.0 Å². The molecule has 0 heterocycles. The van der Waals surface area contributed by atoms with Crippen molar-refractivity contribution in [3.63, 3.8) is 0 Å². The fraction of sp³-hybridized carbons (Fsp3) is 0.588. The largest absolute Gasteiger partial charge is 0.497 e. The van der Waals surface area contributed by atoms with E-state index in [0.717, 1.165) is 25.7 Å². The number of hydrogen-bond acceptors (Lipinski definition) is 4. The minimum Gasteiger partial charge on any atom is -0.497 e. The first-order valence-electron chi connectivity index (χ1n) is 7.91. The Bertz CT molecular complexity index is 467. The molecule has 132 valence electrons. The lowest BCUT2D eigenvalue weighted by atomic mass is 10.1. The number of ether oxygens (including phenoxy) is 2. The van der Waals surface area contributed by atoms with Crippen LogP contribution in [0.3, 0.4) is 0 Å². The average Bonchev–Trinajstić information content (AvgIpc) is 2.48. The third-order valence-electron chi connectivity index (χ3n) is 3.18. The molecule has 0 aliphatic carbocycles. The molecule has 0 bridgehead atoms. The minimum atomic E-state index is -0.00499. The lowest BCUT2D eigenvalue weighted by Gasteiger charge is -2.16. The Balaban J connectivity index is 0.00000484. The molecule has 0 aliphatic rings. The number of hydrogen-bond donors (Lipinski definition) is 2. The number of methoxy groups -OCH3 is 1. The van der Waals surface area contributed by atoms with Gasteiger partial charge in [0, 0.05) is 12.5 Å². The van der Waals surface area contributed by atoms with E-state index in [2.05, 4.69) is 5.32 Å². The minimum absolute atomic E-state index is 0. The maximum Gasteiger partial charge on any atom is 0.224 e. The standard InChI is InChI=1S/C17H28N2O3.ClH/c1-13(2)22-16-10-9-14(21-3)12-15(16)19-17(20)8-6-4-5-7-11-18;/h9-10,12-13H,4-8,11,18H2,1-3H3,(H,19,20);1H. The van der Waals surface area contributed by atoms with Crippen LogP contribution in [0, 0.1) is 0 Å². The molecule has 0 atom stereocenters. The Hall–Kier alpha value is -1.46. The van der Waals surface area contributed by atoms with Gasteiger partial charge in [-0.3, -0.25) is 4.79 Å². The van der Waals surface area contributed by atoms with Crippen LogP contribution in [-0.2, 0) is 4.79 Å². The Labute approximate surface area is 145 Å². The first-order chi connectivity index (χ1) is 10.6. The Morgan fingerprint density at radius 3 is 2.52 bits per heavy atom. The van der Waals surface area contributed by atoms with Gasteiger partial charge in [0.1, 0.15) is 11.5 Å². The number of benzene rings is 1. The van der Waals surface area contributed by atoms with Gasteiger partial charge in [0.05, 0.1) is 18.9 Å². The molecule has 0 unspecified atom stereocenters. The van der Waals surface area contributed by atoms with Gasteiger partial charge in [0.25, 0.3) is 0 Å². The third kappa shape index (κ3) is 8.67. The lowest BCUT2D eigenvalue weighted by molar-refractivity contribution is -0.116. The number of halogens is 1. The van der Waals surface area contributed by atoms with Crippen molar-refractivity contribution < 1.29 is 14.3 Å². The maximum absolute atomic E-state index is 12.1. The van der Waals surface area contributed by atoms with E-state index in [0.29, 0.717) is 30.2 Å². The van der Waals surface area contributed by atoms with Crippen molar-refractivity contribution in [2.75, 3.05) is 19.0 Å². The summed E-state index contributed by atoms with van der Waals surface area (Å²) >= 11 is 0. The second-order valence-corrected chi connectivity index (χ2v) is 5.53. The summed E-state index contributed by atoms with van der Waals surface area (Å²) in [5, 5.41) is 2.91. The third-order valence-corrected chi connectivity index (χ3v) is 3.18. The monoisotopic (exact) mass is 344 g/mol. The van der Waals surface area contributed by atoms with E-state index in [1.807, 2.05) is 26.0 Å². The van der Waals surface area contributed by atoms with E-state index in [1.54, 1.807) is 13.2 Å². The Kier molecular flexibility index (Phi) is 11.3. The quantitative estimate of drug-likeness (QED) is 0.634.